The Balaban J connectivity index is 2.27. The lowest BCUT2D eigenvalue weighted by Crippen LogP contribution is -2.22. The quantitative estimate of drug-likeness (QED) is 0.894. The van der Waals surface area contributed by atoms with Crippen molar-refractivity contribution in [3.63, 3.8) is 0 Å². The predicted octanol–water partition coefficient (Wildman–Crippen LogP) is 2.95. The van der Waals surface area contributed by atoms with Gasteiger partial charge in [0, 0.05) is 23.8 Å². The maximum atomic E-state index is 4.60. The minimum atomic E-state index is 0.459. The zero-order chi connectivity index (χ0) is 13.0. The summed E-state index contributed by atoms with van der Waals surface area (Å²) in [6.07, 6.45) is 0. The molecule has 0 radical (unpaired) electrons. The van der Waals surface area contributed by atoms with Crippen LogP contribution in [0.15, 0.2) is 36.4 Å². The van der Waals surface area contributed by atoms with Crippen molar-refractivity contribution in [2.75, 3.05) is 0 Å². The van der Waals surface area contributed by atoms with E-state index in [-0.39, 0.29) is 0 Å². The van der Waals surface area contributed by atoms with E-state index in [1.807, 2.05) is 43.3 Å². The highest BCUT2D eigenvalue weighted by Gasteiger charge is 2.05. The molecule has 1 aromatic heterocycles. The minimum absolute atomic E-state index is 0.459. The van der Waals surface area contributed by atoms with Crippen LogP contribution in [-0.2, 0) is 6.54 Å². The van der Waals surface area contributed by atoms with E-state index in [2.05, 4.69) is 29.1 Å². The molecule has 94 valence electrons. The SMILES string of the molecule is Cc1cc(CNC(C)C)nc(-c2ccccc2)n1. The number of benzene rings is 1. The number of hydrogen-bond acceptors (Lipinski definition) is 3. The molecule has 18 heavy (non-hydrogen) atoms. The van der Waals surface area contributed by atoms with Crippen molar-refractivity contribution in [2.45, 2.75) is 33.4 Å². The van der Waals surface area contributed by atoms with Crippen LogP contribution >= 0.6 is 0 Å². The molecule has 0 amide bonds. The zero-order valence-corrected chi connectivity index (χ0v) is 11.1. The molecule has 0 aliphatic rings. The van der Waals surface area contributed by atoms with Gasteiger partial charge in [0.25, 0.3) is 0 Å². The van der Waals surface area contributed by atoms with Crippen molar-refractivity contribution < 1.29 is 0 Å². The van der Waals surface area contributed by atoms with Crippen LogP contribution in [-0.4, -0.2) is 16.0 Å². The lowest BCUT2D eigenvalue weighted by Gasteiger charge is -2.09. The molecule has 1 aromatic carbocycles. The number of hydrogen-bond donors (Lipinski definition) is 1. The average Bonchev–Trinajstić information content (AvgIpc) is 2.37. The van der Waals surface area contributed by atoms with Gasteiger partial charge in [-0.25, -0.2) is 9.97 Å². The van der Waals surface area contributed by atoms with Crippen molar-refractivity contribution in [3.05, 3.63) is 47.8 Å². The summed E-state index contributed by atoms with van der Waals surface area (Å²) in [6.45, 7) is 7.05. The summed E-state index contributed by atoms with van der Waals surface area (Å²) in [5, 5.41) is 3.38. The first kappa shape index (κ1) is 12.7. The third-order valence-corrected chi connectivity index (χ3v) is 2.63. The van der Waals surface area contributed by atoms with Gasteiger partial charge in [0.1, 0.15) is 0 Å². The first-order valence-electron chi connectivity index (χ1n) is 6.28. The van der Waals surface area contributed by atoms with Crippen LogP contribution in [0.4, 0.5) is 0 Å². The minimum Gasteiger partial charge on any atom is -0.309 e. The van der Waals surface area contributed by atoms with Gasteiger partial charge >= 0.3 is 0 Å². The van der Waals surface area contributed by atoms with Crippen LogP contribution in [0.1, 0.15) is 25.2 Å². The largest absolute Gasteiger partial charge is 0.309 e. The summed E-state index contributed by atoms with van der Waals surface area (Å²) in [6, 6.07) is 12.6. The maximum absolute atomic E-state index is 4.60. The van der Waals surface area contributed by atoms with E-state index in [0.29, 0.717) is 6.04 Å². The molecule has 2 aromatic rings. The van der Waals surface area contributed by atoms with Crippen molar-refractivity contribution in [3.8, 4) is 11.4 Å². The third-order valence-electron chi connectivity index (χ3n) is 2.63. The molecule has 0 aliphatic carbocycles. The van der Waals surface area contributed by atoms with Crippen LogP contribution in [0.5, 0.6) is 0 Å². The van der Waals surface area contributed by atoms with Gasteiger partial charge in [-0.2, -0.15) is 0 Å². The van der Waals surface area contributed by atoms with Crippen LogP contribution < -0.4 is 5.32 Å². The van der Waals surface area contributed by atoms with E-state index < -0.39 is 0 Å². The fraction of sp³-hybridized carbons (Fsp3) is 0.333. The van der Waals surface area contributed by atoms with E-state index in [0.717, 1.165) is 29.3 Å². The van der Waals surface area contributed by atoms with Crippen LogP contribution in [0.2, 0.25) is 0 Å². The molecular weight excluding hydrogens is 222 g/mol. The molecule has 3 heteroatoms. The summed E-state index contributed by atoms with van der Waals surface area (Å²) in [7, 11) is 0. The first-order chi connectivity index (χ1) is 8.65. The molecule has 0 saturated carbocycles. The predicted molar refractivity (Wildman–Crippen MR) is 74.2 cm³/mol. The van der Waals surface area contributed by atoms with Crippen molar-refractivity contribution in [1.82, 2.24) is 15.3 Å². The summed E-state index contributed by atoms with van der Waals surface area (Å²) < 4.78 is 0. The van der Waals surface area contributed by atoms with Gasteiger partial charge in [0.05, 0.1) is 5.69 Å². The Morgan fingerprint density at radius 2 is 1.83 bits per heavy atom. The van der Waals surface area contributed by atoms with Gasteiger partial charge in [-0.05, 0) is 13.0 Å². The van der Waals surface area contributed by atoms with Crippen LogP contribution in [0.25, 0.3) is 11.4 Å². The van der Waals surface area contributed by atoms with Crippen molar-refractivity contribution >= 4 is 0 Å². The lowest BCUT2D eigenvalue weighted by molar-refractivity contribution is 0.580. The van der Waals surface area contributed by atoms with Crippen LogP contribution in [0.3, 0.4) is 0 Å². The van der Waals surface area contributed by atoms with Crippen LogP contribution in [0, 0.1) is 6.92 Å². The lowest BCUT2D eigenvalue weighted by atomic mass is 10.2. The highest BCUT2D eigenvalue weighted by atomic mass is 14.9. The number of aryl methyl sites for hydroxylation is 1. The Morgan fingerprint density at radius 3 is 2.50 bits per heavy atom. The summed E-state index contributed by atoms with van der Waals surface area (Å²) >= 11 is 0. The second kappa shape index (κ2) is 5.74. The number of nitrogens with one attached hydrogen (secondary N) is 1. The normalized spacial score (nSPS) is 10.9. The fourth-order valence-electron chi connectivity index (χ4n) is 1.75. The molecule has 0 atom stereocenters. The number of aromatic nitrogens is 2. The standard InChI is InChI=1S/C15H19N3/c1-11(2)16-10-14-9-12(3)17-15(18-14)13-7-5-4-6-8-13/h4-9,11,16H,10H2,1-3H3. The molecule has 0 fully saturated rings. The molecule has 0 aliphatic heterocycles. The first-order valence-corrected chi connectivity index (χ1v) is 6.28. The molecule has 3 nitrogen and oxygen atoms in total. The smallest absolute Gasteiger partial charge is 0.159 e. The van der Waals surface area contributed by atoms with E-state index >= 15 is 0 Å². The van der Waals surface area contributed by atoms with Gasteiger partial charge < -0.3 is 5.32 Å². The molecule has 1 heterocycles. The highest BCUT2D eigenvalue weighted by Crippen LogP contribution is 2.15. The average molecular weight is 241 g/mol. The molecule has 0 unspecified atom stereocenters. The van der Waals surface area contributed by atoms with Gasteiger partial charge in [-0.1, -0.05) is 44.2 Å². The molecule has 0 spiro atoms. The Kier molecular flexibility index (Phi) is 4.05. The zero-order valence-electron chi connectivity index (χ0n) is 11.1. The summed E-state index contributed by atoms with van der Waals surface area (Å²) in [4.78, 5) is 9.09. The number of nitrogens with zero attached hydrogens (tertiary/aromatic N) is 2. The molecule has 2 rings (SSSR count). The Labute approximate surface area is 108 Å². The second-order valence-corrected chi connectivity index (χ2v) is 4.73. The fourth-order valence-corrected chi connectivity index (χ4v) is 1.75. The number of rotatable bonds is 4. The van der Waals surface area contributed by atoms with Crippen molar-refractivity contribution in [2.24, 2.45) is 0 Å². The Hall–Kier alpha value is -1.74. The van der Waals surface area contributed by atoms with Gasteiger partial charge in [0.2, 0.25) is 0 Å². The Bertz CT molecular complexity index is 506. The van der Waals surface area contributed by atoms with Gasteiger partial charge in [-0.15, -0.1) is 0 Å². The highest BCUT2D eigenvalue weighted by molar-refractivity contribution is 5.54. The topological polar surface area (TPSA) is 37.8 Å². The molecular formula is C15H19N3. The monoisotopic (exact) mass is 241 g/mol. The van der Waals surface area contributed by atoms with Gasteiger partial charge in [-0.3, -0.25) is 0 Å². The van der Waals surface area contributed by atoms with Crippen molar-refractivity contribution in [1.29, 1.82) is 0 Å². The van der Waals surface area contributed by atoms with E-state index in [4.69, 9.17) is 0 Å². The summed E-state index contributed by atoms with van der Waals surface area (Å²) in [5.74, 6) is 0.802. The second-order valence-electron chi connectivity index (χ2n) is 4.73. The summed E-state index contributed by atoms with van der Waals surface area (Å²) in [5.41, 5.74) is 3.10. The molecule has 1 N–H and O–H groups in total. The van der Waals surface area contributed by atoms with E-state index in [1.165, 1.54) is 0 Å². The van der Waals surface area contributed by atoms with E-state index in [1.54, 1.807) is 0 Å². The molecule has 0 saturated heterocycles. The van der Waals surface area contributed by atoms with Gasteiger partial charge in [0.15, 0.2) is 5.82 Å². The third kappa shape index (κ3) is 3.37. The van der Waals surface area contributed by atoms with E-state index in [9.17, 15) is 0 Å². The Morgan fingerprint density at radius 1 is 1.11 bits per heavy atom. The maximum Gasteiger partial charge on any atom is 0.159 e. The molecule has 0 bridgehead atoms.